The van der Waals surface area contributed by atoms with Crippen molar-refractivity contribution in [2.45, 2.75) is 18.7 Å². The first-order valence-corrected chi connectivity index (χ1v) is 7.11. The normalized spacial score (nSPS) is 11.3. The highest BCUT2D eigenvalue weighted by atomic mass is 32.2. The van der Waals surface area contributed by atoms with E-state index in [-0.39, 0.29) is 4.90 Å². The molecule has 0 aliphatic heterocycles. The van der Waals surface area contributed by atoms with Gasteiger partial charge in [0, 0.05) is 0 Å². The molecule has 1 aromatic heterocycles. The molecule has 0 unspecified atom stereocenters. The van der Waals surface area contributed by atoms with Crippen LogP contribution >= 0.6 is 0 Å². The van der Waals surface area contributed by atoms with E-state index in [0.717, 1.165) is 0 Å². The molecule has 0 aliphatic rings. The summed E-state index contributed by atoms with van der Waals surface area (Å²) >= 11 is 0. The Morgan fingerprint density at radius 3 is 2.53 bits per heavy atom. The summed E-state index contributed by atoms with van der Waals surface area (Å²) in [6.07, 6.45) is 0. The third-order valence-corrected chi connectivity index (χ3v) is 4.11. The van der Waals surface area contributed by atoms with Crippen LogP contribution in [0.15, 0.2) is 29.2 Å². The van der Waals surface area contributed by atoms with Crippen molar-refractivity contribution in [3.8, 4) is 5.75 Å². The van der Waals surface area contributed by atoms with Crippen molar-refractivity contribution < 1.29 is 13.2 Å². The predicted molar refractivity (Wildman–Crippen MR) is 71.9 cm³/mol. The number of para-hydroxylation sites is 1. The quantitative estimate of drug-likeness (QED) is 0.895. The van der Waals surface area contributed by atoms with Crippen LogP contribution in [-0.4, -0.2) is 25.7 Å². The Kier molecular flexibility index (Phi) is 3.48. The Hall–Kier alpha value is -2.02. The topological polar surface area (TPSA) is 84.1 Å². The maximum atomic E-state index is 12.4. The van der Waals surface area contributed by atoms with Crippen molar-refractivity contribution in [3.63, 3.8) is 0 Å². The zero-order valence-electron chi connectivity index (χ0n) is 10.9. The van der Waals surface area contributed by atoms with Crippen LogP contribution in [-0.2, 0) is 10.0 Å². The standard InChI is InChI=1S/C12H15N3O3S/c1-8-12(9(2)14-13-8)15-19(16,17)11-7-5-4-6-10(11)18-3/h4-7,15H,1-3H3,(H,13,14). The number of sulfonamides is 1. The van der Waals surface area contributed by atoms with Gasteiger partial charge in [-0.25, -0.2) is 8.42 Å². The van der Waals surface area contributed by atoms with Crippen molar-refractivity contribution in [2.24, 2.45) is 0 Å². The van der Waals surface area contributed by atoms with Crippen molar-refractivity contribution in [1.29, 1.82) is 0 Å². The highest BCUT2D eigenvalue weighted by Gasteiger charge is 2.21. The molecule has 0 saturated carbocycles. The van der Waals surface area contributed by atoms with Gasteiger partial charge in [0.1, 0.15) is 10.6 Å². The molecule has 2 rings (SSSR count). The number of hydrogen-bond acceptors (Lipinski definition) is 4. The van der Waals surface area contributed by atoms with Gasteiger partial charge in [0.25, 0.3) is 10.0 Å². The summed E-state index contributed by atoms with van der Waals surface area (Å²) < 4.78 is 32.3. The van der Waals surface area contributed by atoms with E-state index in [0.29, 0.717) is 22.8 Å². The van der Waals surface area contributed by atoms with E-state index in [9.17, 15) is 8.42 Å². The molecule has 0 aliphatic carbocycles. The van der Waals surface area contributed by atoms with Crippen LogP contribution < -0.4 is 9.46 Å². The number of hydrogen-bond donors (Lipinski definition) is 2. The van der Waals surface area contributed by atoms with Crippen molar-refractivity contribution >= 4 is 15.7 Å². The lowest BCUT2D eigenvalue weighted by molar-refractivity contribution is 0.403. The van der Waals surface area contributed by atoms with Crippen LogP contribution in [0.4, 0.5) is 5.69 Å². The maximum Gasteiger partial charge on any atom is 0.265 e. The fourth-order valence-electron chi connectivity index (χ4n) is 1.73. The fourth-order valence-corrected chi connectivity index (χ4v) is 3.08. The molecule has 0 spiro atoms. The van der Waals surface area contributed by atoms with Crippen LogP contribution in [0.5, 0.6) is 5.75 Å². The van der Waals surface area contributed by atoms with Crippen molar-refractivity contribution in [1.82, 2.24) is 10.2 Å². The molecule has 1 aromatic carbocycles. The number of aryl methyl sites for hydroxylation is 2. The van der Waals surface area contributed by atoms with E-state index in [1.54, 1.807) is 32.0 Å². The minimum atomic E-state index is -3.71. The van der Waals surface area contributed by atoms with Gasteiger partial charge in [-0.1, -0.05) is 12.1 Å². The summed E-state index contributed by atoms with van der Waals surface area (Å²) in [4.78, 5) is 0.0949. The van der Waals surface area contributed by atoms with Gasteiger partial charge < -0.3 is 4.74 Å². The Morgan fingerprint density at radius 1 is 1.26 bits per heavy atom. The first-order chi connectivity index (χ1) is 8.95. The summed E-state index contributed by atoms with van der Waals surface area (Å²) in [5.74, 6) is 0.300. The van der Waals surface area contributed by atoms with E-state index >= 15 is 0 Å². The number of nitrogens with one attached hydrogen (secondary N) is 2. The monoisotopic (exact) mass is 281 g/mol. The molecule has 0 radical (unpaired) electrons. The molecule has 0 atom stereocenters. The highest BCUT2D eigenvalue weighted by molar-refractivity contribution is 7.92. The maximum absolute atomic E-state index is 12.4. The number of benzene rings is 1. The van der Waals surface area contributed by atoms with Gasteiger partial charge in [-0.3, -0.25) is 9.82 Å². The highest BCUT2D eigenvalue weighted by Crippen LogP contribution is 2.26. The Bertz CT molecular complexity index is 672. The summed E-state index contributed by atoms with van der Waals surface area (Å²) in [5.41, 5.74) is 1.72. The molecule has 7 heteroatoms. The molecule has 19 heavy (non-hydrogen) atoms. The third-order valence-electron chi connectivity index (χ3n) is 2.72. The molecular weight excluding hydrogens is 266 g/mol. The molecule has 2 N–H and O–H groups in total. The van der Waals surface area contributed by atoms with Crippen LogP contribution in [0.1, 0.15) is 11.4 Å². The minimum Gasteiger partial charge on any atom is -0.495 e. The molecule has 0 bridgehead atoms. The number of H-pyrrole nitrogens is 1. The van der Waals surface area contributed by atoms with Crippen molar-refractivity contribution in [3.05, 3.63) is 35.7 Å². The zero-order valence-corrected chi connectivity index (χ0v) is 11.7. The average molecular weight is 281 g/mol. The number of methoxy groups -OCH3 is 1. The van der Waals surface area contributed by atoms with E-state index in [1.165, 1.54) is 13.2 Å². The summed E-state index contributed by atoms with van der Waals surface area (Å²) in [7, 11) is -2.27. The predicted octanol–water partition coefficient (Wildman–Crippen LogP) is 1.84. The number of ether oxygens (including phenoxy) is 1. The second-order valence-electron chi connectivity index (χ2n) is 4.07. The van der Waals surface area contributed by atoms with Gasteiger partial charge >= 0.3 is 0 Å². The van der Waals surface area contributed by atoms with Crippen LogP contribution in [0.3, 0.4) is 0 Å². The lowest BCUT2D eigenvalue weighted by atomic mass is 10.3. The first kappa shape index (κ1) is 13.4. The molecule has 2 aromatic rings. The molecule has 6 nitrogen and oxygen atoms in total. The van der Waals surface area contributed by atoms with E-state index in [1.807, 2.05) is 0 Å². The SMILES string of the molecule is COc1ccccc1S(=O)(=O)Nc1c(C)n[nH]c1C. The van der Waals surface area contributed by atoms with Gasteiger partial charge in [-0.05, 0) is 26.0 Å². The third kappa shape index (κ3) is 2.55. The second-order valence-corrected chi connectivity index (χ2v) is 5.72. The lowest BCUT2D eigenvalue weighted by Crippen LogP contribution is -2.15. The Labute approximate surface area is 111 Å². The van der Waals surface area contributed by atoms with Gasteiger partial charge in [0.05, 0.1) is 24.2 Å². The number of aromatic nitrogens is 2. The molecule has 102 valence electrons. The molecule has 1 heterocycles. The Morgan fingerprint density at radius 2 is 1.95 bits per heavy atom. The minimum absolute atomic E-state index is 0.0949. The number of nitrogens with zero attached hydrogens (tertiary/aromatic N) is 1. The van der Waals surface area contributed by atoms with Crippen LogP contribution in [0, 0.1) is 13.8 Å². The molecule has 0 fully saturated rings. The number of rotatable bonds is 4. The summed E-state index contributed by atoms with van der Waals surface area (Å²) in [6.45, 7) is 3.48. The van der Waals surface area contributed by atoms with Crippen molar-refractivity contribution in [2.75, 3.05) is 11.8 Å². The first-order valence-electron chi connectivity index (χ1n) is 5.63. The molecular formula is C12H15N3O3S. The van der Waals surface area contributed by atoms with Gasteiger partial charge in [0.15, 0.2) is 0 Å². The Balaban J connectivity index is 2.44. The van der Waals surface area contributed by atoms with Gasteiger partial charge in [-0.2, -0.15) is 5.10 Å². The van der Waals surface area contributed by atoms with Crippen LogP contribution in [0.25, 0.3) is 0 Å². The van der Waals surface area contributed by atoms with Crippen LogP contribution in [0.2, 0.25) is 0 Å². The second kappa shape index (κ2) is 4.93. The molecule has 0 amide bonds. The summed E-state index contributed by atoms with van der Waals surface area (Å²) in [6, 6.07) is 6.45. The van der Waals surface area contributed by atoms with E-state index in [4.69, 9.17) is 4.74 Å². The lowest BCUT2D eigenvalue weighted by Gasteiger charge is -2.11. The van der Waals surface area contributed by atoms with Gasteiger partial charge in [0.2, 0.25) is 0 Å². The number of anilines is 1. The van der Waals surface area contributed by atoms with E-state index in [2.05, 4.69) is 14.9 Å². The number of aromatic amines is 1. The average Bonchev–Trinajstić information content (AvgIpc) is 2.70. The fraction of sp³-hybridized carbons (Fsp3) is 0.250. The zero-order chi connectivity index (χ0) is 14.0. The summed E-state index contributed by atoms with van der Waals surface area (Å²) in [5, 5.41) is 6.68. The smallest absolute Gasteiger partial charge is 0.265 e. The van der Waals surface area contributed by atoms with Gasteiger partial charge in [-0.15, -0.1) is 0 Å². The molecule has 0 saturated heterocycles. The largest absolute Gasteiger partial charge is 0.495 e. The van der Waals surface area contributed by atoms with E-state index < -0.39 is 10.0 Å².